The lowest BCUT2D eigenvalue weighted by atomic mass is 9.86. The highest BCUT2D eigenvalue weighted by Gasteiger charge is 2.29. The predicted octanol–water partition coefficient (Wildman–Crippen LogP) is 1.66. The molecule has 1 saturated carbocycles. The van der Waals surface area contributed by atoms with E-state index in [4.69, 9.17) is 5.73 Å². The third-order valence-electron chi connectivity index (χ3n) is 2.48. The zero-order valence-electron chi connectivity index (χ0n) is 7.82. The smallest absolute Gasteiger partial charge is 0.0124 e. The molecule has 0 aliphatic heterocycles. The maximum atomic E-state index is 5.69. The van der Waals surface area contributed by atoms with Crippen molar-refractivity contribution < 1.29 is 0 Å². The number of hydrogen-bond acceptors (Lipinski definition) is 2. The van der Waals surface area contributed by atoms with Crippen LogP contribution in [0.3, 0.4) is 0 Å². The summed E-state index contributed by atoms with van der Waals surface area (Å²) < 4.78 is 0. The van der Waals surface area contributed by atoms with Gasteiger partial charge < -0.3 is 10.6 Å². The minimum Gasteiger partial charge on any atom is -0.328 e. The summed E-state index contributed by atoms with van der Waals surface area (Å²) >= 11 is 0. The number of nitrogens with two attached hydrogens (primary N) is 1. The summed E-state index contributed by atoms with van der Waals surface area (Å²) in [7, 11) is 0. The fraction of sp³-hybridized carbons (Fsp3) is 1.00. The second-order valence-electron chi connectivity index (χ2n) is 3.11. The highest BCUT2D eigenvalue weighted by Crippen LogP contribution is 2.23. The molecule has 0 bridgehead atoms. The molecule has 1 aliphatic carbocycles. The SMILES string of the molecule is CCN(CC)C1CC(N)C1.Cl.Cl. The van der Waals surface area contributed by atoms with Gasteiger partial charge in [-0.25, -0.2) is 0 Å². The van der Waals surface area contributed by atoms with Crippen molar-refractivity contribution in [2.24, 2.45) is 5.73 Å². The first-order valence-electron chi connectivity index (χ1n) is 4.27. The van der Waals surface area contributed by atoms with Gasteiger partial charge in [-0.1, -0.05) is 13.8 Å². The Bertz CT molecular complexity index is 101. The molecule has 1 rings (SSSR count). The van der Waals surface area contributed by atoms with E-state index < -0.39 is 0 Å². The normalized spacial score (nSPS) is 27.0. The molecule has 0 aromatic heterocycles. The molecule has 0 radical (unpaired) electrons. The molecule has 2 N–H and O–H groups in total. The summed E-state index contributed by atoms with van der Waals surface area (Å²) in [6.45, 7) is 6.78. The van der Waals surface area contributed by atoms with Gasteiger partial charge in [-0.15, -0.1) is 24.8 Å². The first-order chi connectivity index (χ1) is 4.77. The van der Waals surface area contributed by atoms with Gasteiger partial charge in [0.25, 0.3) is 0 Å². The topological polar surface area (TPSA) is 29.3 Å². The summed E-state index contributed by atoms with van der Waals surface area (Å²) in [4.78, 5) is 2.49. The third-order valence-corrected chi connectivity index (χ3v) is 2.48. The average molecular weight is 215 g/mol. The maximum absolute atomic E-state index is 5.69. The Balaban J connectivity index is 0. The molecule has 1 aliphatic rings. The van der Waals surface area contributed by atoms with Gasteiger partial charge in [0.15, 0.2) is 0 Å². The molecule has 1 fully saturated rings. The molecule has 0 aromatic rings. The van der Waals surface area contributed by atoms with Gasteiger partial charge in [0.1, 0.15) is 0 Å². The Morgan fingerprint density at radius 1 is 1.17 bits per heavy atom. The third kappa shape index (κ3) is 3.48. The number of halogens is 2. The van der Waals surface area contributed by atoms with Crippen molar-refractivity contribution in [2.75, 3.05) is 13.1 Å². The second kappa shape index (κ2) is 6.96. The van der Waals surface area contributed by atoms with Crippen molar-refractivity contribution in [3.05, 3.63) is 0 Å². The van der Waals surface area contributed by atoms with Crippen LogP contribution in [-0.2, 0) is 0 Å². The summed E-state index contributed by atoms with van der Waals surface area (Å²) in [6.07, 6.45) is 2.42. The fourth-order valence-corrected chi connectivity index (χ4v) is 1.67. The molecule has 4 heteroatoms. The van der Waals surface area contributed by atoms with Gasteiger partial charge in [0.2, 0.25) is 0 Å². The van der Waals surface area contributed by atoms with E-state index >= 15 is 0 Å². The molecule has 0 amide bonds. The van der Waals surface area contributed by atoms with Crippen LogP contribution in [0.4, 0.5) is 0 Å². The van der Waals surface area contributed by atoms with Crippen LogP contribution in [-0.4, -0.2) is 30.1 Å². The van der Waals surface area contributed by atoms with E-state index in [9.17, 15) is 0 Å². The molecular formula is C8H20Cl2N2. The van der Waals surface area contributed by atoms with E-state index in [1.807, 2.05) is 0 Å². The van der Waals surface area contributed by atoms with Crippen LogP contribution < -0.4 is 5.73 Å². The Kier molecular flexibility index (Phi) is 8.69. The molecule has 2 nitrogen and oxygen atoms in total. The standard InChI is InChI=1S/C8H18N2.2ClH/c1-3-10(4-2)8-5-7(9)6-8;;/h7-8H,3-6,9H2,1-2H3;2*1H. The van der Waals surface area contributed by atoms with Gasteiger partial charge >= 0.3 is 0 Å². The van der Waals surface area contributed by atoms with E-state index in [0.717, 1.165) is 6.04 Å². The monoisotopic (exact) mass is 214 g/mol. The van der Waals surface area contributed by atoms with Gasteiger partial charge in [-0.3, -0.25) is 0 Å². The van der Waals surface area contributed by atoms with E-state index in [0.29, 0.717) is 6.04 Å². The van der Waals surface area contributed by atoms with Crippen LogP contribution in [0.5, 0.6) is 0 Å². The molecule has 0 aromatic carbocycles. The van der Waals surface area contributed by atoms with Crippen molar-refractivity contribution in [1.29, 1.82) is 0 Å². The first-order valence-corrected chi connectivity index (χ1v) is 4.27. The number of hydrogen-bond donors (Lipinski definition) is 1. The highest BCUT2D eigenvalue weighted by atomic mass is 35.5. The highest BCUT2D eigenvalue weighted by molar-refractivity contribution is 5.85. The Labute approximate surface area is 87.7 Å². The average Bonchev–Trinajstić information content (AvgIpc) is 1.87. The molecule has 0 spiro atoms. The second-order valence-corrected chi connectivity index (χ2v) is 3.11. The lowest BCUT2D eigenvalue weighted by Crippen LogP contribution is -2.50. The lowest BCUT2D eigenvalue weighted by Gasteiger charge is -2.40. The van der Waals surface area contributed by atoms with Gasteiger partial charge in [-0.2, -0.15) is 0 Å². The Morgan fingerprint density at radius 3 is 1.83 bits per heavy atom. The Hall–Kier alpha value is 0.500. The zero-order valence-corrected chi connectivity index (χ0v) is 9.46. The van der Waals surface area contributed by atoms with E-state index in [1.165, 1.54) is 25.9 Å². The van der Waals surface area contributed by atoms with Crippen molar-refractivity contribution in [2.45, 2.75) is 38.8 Å². The van der Waals surface area contributed by atoms with Gasteiger partial charge in [0, 0.05) is 12.1 Å². The minimum absolute atomic E-state index is 0. The number of nitrogens with zero attached hydrogens (tertiary/aromatic N) is 1. The van der Waals surface area contributed by atoms with Crippen LogP contribution in [0.15, 0.2) is 0 Å². The van der Waals surface area contributed by atoms with Gasteiger partial charge in [0.05, 0.1) is 0 Å². The molecule has 0 unspecified atom stereocenters. The van der Waals surface area contributed by atoms with Crippen LogP contribution >= 0.6 is 24.8 Å². The number of rotatable bonds is 3. The van der Waals surface area contributed by atoms with Gasteiger partial charge in [-0.05, 0) is 25.9 Å². The van der Waals surface area contributed by atoms with Crippen molar-refractivity contribution >= 4 is 24.8 Å². The van der Waals surface area contributed by atoms with Crippen LogP contribution in [0.25, 0.3) is 0 Å². The lowest BCUT2D eigenvalue weighted by molar-refractivity contribution is 0.123. The predicted molar refractivity (Wildman–Crippen MR) is 58.4 cm³/mol. The summed E-state index contributed by atoms with van der Waals surface area (Å²) in [5.41, 5.74) is 5.69. The van der Waals surface area contributed by atoms with Crippen molar-refractivity contribution in [3.8, 4) is 0 Å². The van der Waals surface area contributed by atoms with E-state index in [-0.39, 0.29) is 24.8 Å². The van der Waals surface area contributed by atoms with Crippen molar-refractivity contribution in [3.63, 3.8) is 0 Å². The quantitative estimate of drug-likeness (QED) is 0.775. The fourth-order valence-electron chi connectivity index (χ4n) is 1.67. The molecule has 0 heterocycles. The van der Waals surface area contributed by atoms with E-state index in [1.54, 1.807) is 0 Å². The van der Waals surface area contributed by atoms with Crippen LogP contribution in [0.1, 0.15) is 26.7 Å². The summed E-state index contributed by atoms with van der Waals surface area (Å²) in [6, 6.07) is 1.29. The maximum Gasteiger partial charge on any atom is 0.0124 e. The van der Waals surface area contributed by atoms with Crippen LogP contribution in [0, 0.1) is 0 Å². The zero-order chi connectivity index (χ0) is 7.56. The molecule has 0 saturated heterocycles. The molecular weight excluding hydrogens is 195 g/mol. The van der Waals surface area contributed by atoms with E-state index in [2.05, 4.69) is 18.7 Å². The summed E-state index contributed by atoms with van der Waals surface area (Å²) in [5.74, 6) is 0. The van der Waals surface area contributed by atoms with Crippen LogP contribution in [0.2, 0.25) is 0 Å². The first kappa shape index (κ1) is 15.0. The largest absolute Gasteiger partial charge is 0.328 e. The Morgan fingerprint density at radius 2 is 1.58 bits per heavy atom. The molecule has 12 heavy (non-hydrogen) atoms. The van der Waals surface area contributed by atoms with Crippen molar-refractivity contribution in [1.82, 2.24) is 4.90 Å². The molecule has 0 atom stereocenters. The molecule has 76 valence electrons. The minimum atomic E-state index is 0. The summed E-state index contributed by atoms with van der Waals surface area (Å²) in [5, 5.41) is 0.